The van der Waals surface area contributed by atoms with Gasteiger partial charge in [0, 0.05) is 37.4 Å². The van der Waals surface area contributed by atoms with E-state index in [0.29, 0.717) is 18.7 Å². The Balaban J connectivity index is 1.74. The molecule has 5 heteroatoms. The summed E-state index contributed by atoms with van der Waals surface area (Å²) in [6, 6.07) is 12.3. The van der Waals surface area contributed by atoms with Crippen LogP contribution in [-0.4, -0.2) is 36.5 Å². The Morgan fingerprint density at radius 3 is 2.91 bits per heavy atom. The molecular formula is C18H18FN3O. The zero-order chi connectivity index (χ0) is 15.8. The van der Waals surface area contributed by atoms with Crippen LogP contribution in [0, 0.1) is 5.82 Å². The molecule has 118 valence electrons. The molecule has 2 aliphatic heterocycles. The van der Waals surface area contributed by atoms with Crippen molar-refractivity contribution < 1.29 is 9.18 Å². The van der Waals surface area contributed by atoms with Gasteiger partial charge >= 0.3 is 0 Å². The third-order valence-corrected chi connectivity index (χ3v) is 4.58. The molecule has 23 heavy (non-hydrogen) atoms. The maximum Gasteiger partial charge on any atom is 0.243 e. The van der Waals surface area contributed by atoms with Crippen LogP contribution in [0.1, 0.15) is 5.56 Å². The summed E-state index contributed by atoms with van der Waals surface area (Å²) in [5.41, 5.74) is 3.28. The summed E-state index contributed by atoms with van der Waals surface area (Å²) in [4.78, 5) is 14.6. The van der Waals surface area contributed by atoms with Crippen molar-refractivity contribution in [2.75, 3.05) is 25.0 Å². The molecule has 0 bridgehead atoms. The first-order valence-corrected chi connectivity index (χ1v) is 7.86. The molecule has 1 fully saturated rings. The smallest absolute Gasteiger partial charge is 0.243 e. The number of hydrogen-bond acceptors (Lipinski definition) is 3. The van der Waals surface area contributed by atoms with E-state index in [1.165, 1.54) is 6.07 Å². The maximum absolute atomic E-state index is 14.0. The van der Waals surface area contributed by atoms with Gasteiger partial charge in [-0.15, -0.1) is 0 Å². The highest BCUT2D eigenvalue weighted by molar-refractivity contribution is 5.96. The lowest BCUT2D eigenvalue weighted by Gasteiger charge is -2.32. The summed E-state index contributed by atoms with van der Waals surface area (Å²) in [5, 5.41) is 6.26. The predicted molar refractivity (Wildman–Crippen MR) is 87.5 cm³/mol. The Morgan fingerprint density at radius 1 is 1.17 bits per heavy atom. The third-order valence-electron chi connectivity index (χ3n) is 4.58. The number of carbonyl (C=O) groups is 1. The van der Waals surface area contributed by atoms with E-state index in [4.69, 9.17) is 0 Å². The number of nitrogens with zero attached hydrogens (tertiary/aromatic N) is 1. The van der Waals surface area contributed by atoms with Crippen LogP contribution in [0.3, 0.4) is 0 Å². The highest BCUT2D eigenvalue weighted by atomic mass is 19.1. The zero-order valence-electron chi connectivity index (χ0n) is 12.7. The molecule has 2 heterocycles. The van der Waals surface area contributed by atoms with Crippen molar-refractivity contribution in [2.24, 2.45) is 0 Å². The van der Waals surface area contributed by atoms with Gasteiger partial charge in [-0.1, -0.05) is 24.3 Å². The van der Waals surface area contributed by atoms with Crippen LogP contribution in [-0.2, 0) is 11.3 Å². The quantitative estimate of drug-likeness (QED) is 0.849. The predicted octanol–water partition coefficient (Wildman–Crippen LogP) is 2.22. The Bertz CT molecular complexity index is 762. The summed E-state index contributed by atoms with van der Waals surface area (Å²) in [6.07, 6.45) is 0. The van der Waals surface area contributed by atoms with Gasteiger partial charge in [-0.2, -0.15) is 0 Å². The average Bonchev–Trinajstić information content (AvgIpc) is 2.71. The topological polar surface area (TPSA) is 44.4 Å². The first-order chi connectivity index (χ1) is 11.2. The summed E-state index contributed by atoms with van der Waals surface area (Å²) in [5.74, 6) is -0.209. The fourth-order valence-corrected chi connectivity index (χ4v) is 3.34. The second-order valence-electron chi connectivity index (χ2n) is 6.03. The molecule has 1 atom stereocenters. The Morgan fingerprint density at radius 2 is 2.04 bits per heavy atom. The molecule has 1 unspecified atom stereocenters. The van der Waals surface area contributed by atoms with Crippen LogP contribution in [0.2, 0.25) is 0 Å². The lowest BCUT2D eigenvalue weighted by molar-refractivity contribution is -0.121. The fraction of sp³-hybridized carbons (Fsp3) is 0.278. The van der Waals surface area contributed by atoms with E-state index < -0.39 is 0 Å². The summed E-state index contributed by atoms with van der Waals surface area (Å²) < 4.78 is 14.0. The van der Waals surface area contributed by atoms with E-state index in [2.05, 4.69) is 15.5 Å². The number of amides is 1. The van der Waals surface area contributed by atoms with E-state index >= 15 is 0 Å². The lowest BCUT2D eigenvalue weighted by Crippen LogP contribution is -2.54. The monoisotopic (exact) mass is 311 g/mol. The SMILES string of the molecule is O=C1Nc2ccc(-c3ccccc3F)cc2CN2CCNCC12. The van der Waals surface area contributed by atoms with Gasteiger partial charge in [0.15, 0.2) is 0 Å². The Hall–Kier alpha value is -2.24. The van der Waals surface area contributed by atoms with Gasteiger partial charge in [0.05, 0.1) is 0 Å². The lowest BCUT2D eigenvalue weighted by atomic mass is 10.0. The first-order valence-electron chi connectivity index (χ1n) is 7.86. The average molecular weight is 311 g/mol. The zero-order valence-corrected chi connectivity index (χ0v) is 12.7. The normalized spacial score (nSPS) is 21.1. The molecule has 1 saturated heterocycles. The van der Waals surface area contributed by atoms with Crippen molar-refractivity contribution >= 4 is 11.6 Å². The Kier molecular flexibility index (Phi) is 3.59. The largest absolute Gasteiger partial charge is 0.324 e. The molecule has 2 aliphatic rings. The molecule has 0 radical (unpaired) electrons. The van der Waals surface area contributed by atoms with E-state index in [0.717, 1.165) is 29.9 Å². The molecule has 0 spiro atoms. The van der Waals surface area contributed by atoms with Gasteiger partial charge < -0.3 is 10.6 Å². The number of benzene rings is 2. The molecule has 2 N–H and O–H groups in total. The van der Waals surface area contributed by atoms with E-state index in [1.807, 2.05) is 24.3 Å². The van der Waals surface area contributed by atoms with Gasteiger partial charge in [0.2, 0.25) is 5.91 Å². The van der Waals surface area contributed by atoms with Crippen LogP contribution >= 0.6 is 0 Å². The van der Waals surface area contributed by atoms with Gasteiger partial charge in [-0.25, -0.2) is 4.39 Å². The number of carbonyl (C=O) groups excluding carboxylic acids is 1. The van der Waals surface area contributed by atoms with Crippen LogP contribution in [0.25, 0.3) is 11.1 Å². The Labute approximate surface area is 134 Å². The van der Waals surface area contributed by atoms with Crippen molar-refractivity contribution in [3.63, 3.8) is 0 Å². The fourth-order valence-electron chi connectivity index (χ4n) is 3.34. The minimum Gasteiger partial charge on any atom is -0.324 e. The van der Waals surface area contributed by atoms with Crippen LogP contribution in [0.4, 0.5) is 10.1 Å². The molecule has 1 amide bonds. The van der Waals surface area contributed by atoms with Gasteiger partial charge in [0.25, 0.3) is 0 Å². The summed E-state index contributed by atoms with van der Waals surface area (Å²) in [7, 11) is 0. The van der Waals surface area contributed by atoms with Crippen molar-refractivity contribution in [3.05, 3.63) is 53.8 Å². The second kappa shape index (κ2) is 5.76. The third kappa shape index (κ3) is 2.62. The molecule has 4 rings (SSSR count). The second-order valence-corrected chi connectivity index (χ2v) is 6.03. The molecule has 0 saturated carbocycles. The van der Waals surface area contributed by atoms with E-state index in [1.54, 1.807) is 12.1 Å². The van der Waals surface area contributed by atoms with E-state index in [-0.39, 0.29) is 17.8 Å². The molecule has 4 nitrogen and oxygen atoms in total. The molecular weight excluding hydrogens is 293 g/mol. The summed E-state index contributed by atoms with van der Waals surface area (Å²) >= 11 is 0. The van der Waals surface area contributed by atoms with Gasteiger partial charge in [0.1, 0.15) is 11.9 Å². The van der Waals surface area contributed by atoms with Gasteiger partial charge in [-0.3, -0.25) is 9.69 Å². The van der Waals surface area contributed by atoms with Crippen LogP contribution in [0.15, 0.2) is 42.5 Å². The molecule has 0 aliphatic carbocycles. The van der Waals surface area contributed by atoms with Crippen LogP contribution in [0.5, 0.6) is 0 Å². The number of piperazine rings is 1. The highest BCUT2D eigenvalue weighted by Gasteiger charge is 2.32. The molecule has 2 aromatic rings. The highest BCUT2D eigenvalue weighted by Crippen LogP contribution is 2.30. The number of anilines is 1. The van der Waals surface area contributed by atoms with Crippen molar-refractivity contribution in [1.82, 2.24) is 10.2 Å². The number of fused-ring (bicyclic) bond motifs is 2. The number of nitrogens with one attached hydrogen (secondary N) is 2. The van der Waals surface area contributed by atoms with Crippen molar-refractivity contribution in [3.8, 4) is 11.1 Å². The standard InChI is InChI=1S/C18H18FN3O/c19-15-4-2-1-3-14(15)12-5-6-16-13(9-12)11-22-8-7-20-10-17(22)18(23)21-16/h1-6,9,17,20H,7-8,10-11H2,(H,21,23). The number of rotatable bonds is 1. The number of hydrogen-bond donors (Lipinski definition) is 2. The van der Waals surface area contributed by atoms with Crippen LogP contribution < -0.4 is 10.6 Å². The van der Waals surface area contributed by atoms with Gasteiger partial charge in [-0.05, 0) is 29.3 Å². The van der Waals surface area contributed by atoms with E-state index in [9.17, 15) is 9.18 Å². The minimum atomic E-state index is -0.231. The van der Waals surface area contributed by atoms with Crippen molar-refractivity contribution in [1.29, 1.82) is 0 Å². The van der Waals surface area contributed by atoms with Crippen molar-refractivity contribution in [2.45, 2.75) is 12.6 Å². The minimum absolute atomic E-state index is 0.0228. The number of halogens is 1. The first kappa shape index (κ1) is 14.4. The maximum atomic E-state index is 14.0. The molecule has 0 aromatic heterocycles. The summed E-state index contributed by atoms with van der Waals surface area (Å²) in [6.45, 7) is 3.08. The molecule has 2 aromatic carbocycles.